The fourth-order valence-corrected chi connectivity index (χ4v) is 8.27. The Kier molecular flexibility index (Phi) is 49.6. The normalized spacial score (nSPS) is 12.8. The highest BCUT2D eigenvalue weighted by molar-refractivity contribution is 5.76. The summed E-state index contributed by atoms with van der Waals surface area (Å²) in [5, 5.41) is 23.0. The maximum Gasteiger partial charge on any atom is 0.305 e. The van der Waals surface area contributed by atoms with Gasteiger partial charge in [0.1, 0.15) is 0 Å². The van der Waals surface area contributed by atoms with Crippen LogP contribution in [-0.4, -0.2) is 47.4 Å². The number of nitrogens with one attached hydrogen (secondary N) is 1. The van der Waals surface area contributed by atoms with E-state index in [9.17, 15) is 19.8 Å². The molecule has 2 unspecified atom stereocenters. The van der Waals surface area contributed by atoms with Crippen molar-refractivity contribution in [2.45, 2.75) is 302 Å². The Morgan fingerprint density at radius 1 is 0.443 bits per heavy atom. The summed E-state index contributed by atoms with van der Waals surface area (Å²) in [6.07, 6.45) is 60.5. The van der Waals surface area contributed by atoms with Gasteiger partial charge in [-0.2, -0.15) is 0 Å². The van der Waals surface area contributed by atoms with Gasteiger partial charge in [0.05, 0.1) is 25.4 Å². The van der Waals surface area contributed by atoms with Gasteiger partial charge in [-0.3, -0.25) is 9.59 Å². The largest absolute Gasteiger partial charge is 0.466 e. The van der Waals surface area contributed by atoms with E-state index in [-0.39, 0.29) is 18.5 Å². The van der Waals surface area contributed by atoms with Crippen LogP contribution in [0.2, 0.25) is 0 Å². The van der Waals surface area contributed by atoms with Gasteiger partial charge >= 0.3 is 5.97 Å². The van der Waals surface area contributed by atoms with E-state index >= 15 is 0 Å². The number of amides is 1. The molecule has 0 fully saturated rings. The van der Waals surface area contributed by atoms with Crippen LogP contribution < -0.4 is 5.32 Å². The zero-order chi connectivity index (χ0) is 44.4. The highest BCUT2D eigenvalue weighted by Gasteiger charge is 2.18. The Bertz CT molecular complexity index is 951. The van der Waals surface area contributed by atoms with Crippen LogP contribution in [0.5, 0.6) is 0 Å². The van der Waals surface area contributed by atoms with E-state index < -0.39 is 12.1 Å². The number of rotatable bonds is 50. The average molecular weight is 860 g/mol. The number of esters is 1. The lowest BCUT2D eigenvalue weighted by Crippen LogP contribution is -2.45. The summed E-state index contributed by atoms with van der Waals surface area (Å²) in [6.45, 7) is 4.87. The van der Waals surface area contributed by atoms with Gasteiger partial charge in [0.15, 0.2) is 0 Å². The zero-order valence-electron chi connectivity index (χ0n) is 40.9. The van der Waals surface area contributed by atoms with Crippen molar-refractivity contribution in [2.24, 2.45) is 0 Å². The molecule has 0 rings (SSSR count). The molecule has 3 N–H and O–H groups in total. The van der Waals surface area contributed by atoms with E-state index in [2.05, 4.69) is 31.3 Å². The molecule has 6 nitrogen and oxygen atoms in total. The predicted molar refractivity (Wildman–Crippen MR) is 264 cm³/mol. The first-order chi connectivity index (χ1) is 30.0. The predicted octanol–water partition coefficient (Wildman–Crippen LogP) is 16.3. The third-order valence-electron chi connectivity index (χ3n) is 12.5. The van der Waals surface area contributed by atoms with Crippen molar-refractivity contribution in [3.8, 4) is 0 Å². The lowest BCUT2D eigenvalue weighted by Gasteiger charge is -2.20. The third kappa shape index (κ3) is 47.7. The van der Waals surface area contributed by atoms with Crippen molar-refractivity contribution >= 4 is 11.9 Å². The fraction of sp³-hybridized carbons (Fsp3) is 0.891. The number of ether oxygens (including phenoxy) is 1. The number of unbranched alkanes of at least 4 members (excludes halogenated alkanes) is 37. The summed E-state index contributed by atoms with van der Waals surface area (Å²) < 4.78 is 5.47. The van der Waals surface area contributed by atoms with Crippen LogP contribution in [0.3, 0.4) is 0 Å². The molecule has 0 aliphatic carbocycles. The quantitative estimate of drug-likeness (QED) is 0.0322. The number of allylic oxidation sites excluding steroid dienone is 3. The minimum atomic E-state index is -0.850. The van der Waals surface area contributed by atoms with E-state index in [1.165, 1.54) is 205 Å². The van der Waals surface area contributed by atoms with Crippen molar-refractivity contribution in [3.63, 3.8) is 0 Å². The molecule has 0 aliphatic heterocycles. The molecule has 0 heterocycles. The highest BCUT2D eigenvalue weighted by atomic mass is 16.5. The zero-order valence-corrected chi connectivity index (χ0v) is 40.9. The maximum atomic E-state index is 12.4. The standard InChI is InChI=1S/C55H105NO5/c1-3-5-7-9-11-13-15-16-17-22-25-29-33-37-41-45-49-55(60)61-50-46-42-38-34-30-26-23-20-18-19-21-24-28-32-36-40-44-48-54(59)56-52(51-57)53(58)47-43-39-35-31-27-14-12-10-8-6-4-2/h18,20,43,47,52-53,57-58H,3-17,19,21-42,44-46,48-51H2,1-2H3,(H,56,59)/b20-18-,47-43+. The lowest BCUT2D eigenvalue weighted by atomic mass is 10.0. The van der Waals surface area contributed by atoms with Crippen LogP contribution in [0.4, 0.5) is 0 Å². The fourth-order valence-electron chi connectivity index (χ4n) is 8.27. The lowest BCUT2D eigenvalue weighted by molar-refractivity contribution is -0.143. The summed E-state index contributed by atoms with van der Waals surface area (Å²) >= 11 is 0. The van der Waals surface area contributed by atoms with Crippen molar-refractivity contribution in [1.82, 2.24) is 5.32 Å². The monoisotopic (exact) mass is 860 g/mol. The van der Waals surface area contributed by atoms with Crippen LogP contribution >= 0.6 is 0 Å². The second-order valence-corrected chi connectivity index (χ2v) is 18.6. The molecule has 0 saturated carbocycles. The van der Waals surface area contributed by atoms with Crippen molar-refractivity contribution in [2.75, 3.05) is 13.2 Å². The minimum Gasteiger partial charge on any atom is -0.466 e. The summed E-state index contributed by atoms with van der Waals surface area (Å²) in [5.41, 5.74) is 0. The summed E-state index contributed by atoms with van der Waals surface area (Å²) in [4.78, 5) is 24.4. The summed E-state index contributed by atoms with van der Waals surface area (Å²) in [5.74, 6) is -0.0808. The molecule has 0 aromatic carbocycles. The number of carbonyl (C=O) groups is 2. The molecule has 6 heteroatoms. The average Bonchev–Trinajstić information content (AvgIpc) is 3.26. The van der Waals surface area contributed by atoms with Crippen LogP contribution in [-0.2, 0) is 14.3 Å². The molecule has 0 radical (unpaired) electrons. The molecule has 360 valence electrons. The Hall–Kier alpha value is -1.66. The topological polar surface area (TPSA) is 95.9 Å². The van der Waals surface area contributed by atoms with Gasteiger partial charge in [-0.25, -0.2) is 0 Å². The Labute approximate surface area is 380 Å². The maximum absolute atomic E-state index is 12.4. The Balaban J connectivity index is 3.45. The molecular formula is C55H105NO5. The van der Waals surface area contributed by atoms with Crippen LogP contribution in [0, 0.1) is 0 Å². The Morgan fingerprint density at radius 3 is 1.16 bits per heavy atom. The van der Waals surface area contributed by atoms with Gasteiger partial charge < -0.3 is 20.3 Å². The van der Waals surface area contributed by atoms with Crippen LogP contribution in [0.15, 0.2) is 24.3 Å². The second-order valence-electron chi connectivity index (χ2n) is 18.6. The van der Waals surface area contributed by atoms with Gasteiger partial charge in [0.2, 0.25) is 5.91 Å². The van der Waals surface area contributed by atoms with Gasteiger partial charge in [-0.15, -0.1) is 0 Å². The highest BCUT2D eigenvalue weighted by Crippen LogP contribution is 2.16. The van der Waals surface area contributed by atoms with Crippen molar-refractivity contribution in [3.05, 3.63) is 24.3 Å². The van der Waals surface area contributed by atoms with Crippen molar-refractivity contribution in [1.29, 1.82) is 0 Å². The number of aliphatic hydroxyl groups excluding tert-OH is 2. The second kappa shape index (κ2) is 51.0. The van der Waals surface area contributed by atoms with E-state index in [0.717, 1.165) is 57.8 Å². The smallest absolute Gasteiger partial charge is 0.305 e. The van der Waals surface area contributed by atoms with E-state index in [1.54, 1.807) is 6.08 Å². The van der Waals surface area contributed by atoms with Gasteiger partial charge in [-0.05, 0) is 57.8 Å². The van der Waals surface area contributed by atoms with Crippen LogP contribution in [0.1, 0.15) is 290 Å². The first kappa shape index (κ1) is 59.3. The number of hydrogen-bond acceptors (Lipinski definition) is 5. The van der Waals surface area contributed by atoms with E-state index in [4.69, 9.17) is 4.74 Å². The Morgan fingerprint density at radius 2 is 0.770 bits per heavy atom. The first-order valence-corrected chi connectivity index (χ1v) is 27.1. The molecule has 0 bridgehead atoms. The van der Waals surface area contributed by atoms with Crippen molar-refractivity contribution < 1.29 is 24.5 Å². The molecule has 61 heavy (non-hydrogen) atoms. The van der Waals surface area contributed by atoms with Gasteiger partial charge in [-0.1, -0.05) is 244 Å². The number of hydrogen-bond donors (Lipinski definition) is 3. The first-order valence-electron chi connectivity index (χ1n) is 27.1. The van der Waals surface area contributed by atoms with Gasteiger partial charge in [0.25, 0.3) is 0 Å². The molecule has 1 amide bonds. The molecule has 0 aliphatic rings. The SMILES string of the molecule is CCCCCCCCCCC/C=C/C(O)C(CO)NC(=O)CCCCCCCCC/C=C\CCCCCCCCOC(=O)CCCCCCCCCCCCCCCCCC. The molecular weight excluding hydrogens is 755 g/mol. The number of aliphatic hydroxyl groups is 2. The summed E-state index contributed by atoms with van der Waals surface area (Å²) in [7, 11) is 0. The van der Waals surface area contributed by atoms with E-state index in [0.29, 0.717) is 19.4 Å². The molecule has 0 spiro atoms. The number of carbonyl (C=O) groups excluding carboxylic acids is 2. The molecule has 0 saturated heterocycles. The van der Waals surface area contributed by atoms with Gasteiger partial charge in [0, 0.05) is 12.8 Å². The molecule has 0 aromatic rings. The molecule has 2 atom stereocenters. The minimum absolute atomic E-state index is 0.000362. The third-order valence-corrected chi connectivity index (χ3v) is 12.5. The summed E-state index contributed by atoms with van der Waals surface area (Å²) in [6, 6.07) is -0.635. The molecule has 0 aromatic heterocycles. The van der Waals surface area contributed by atoms with Crippen LogP contribution in [0.25, 0.3) is 0 Å². The van der Waals surface area contributed by atoms with E-state index in [1.807, 2.05) is 6.08 Å².